The van der Waals surface area contributed by atoms with Gasteiger partial charge in [0, 0.05) is 0 Å². The van der Waals surface area contributed by atoms with Crippen LogP contribution in [0.4, 0.5) is 0 Å². The molecule has 86 valence electrons. The van der Waals surface area contributed by atoms with E-state index in [1.54, 1.807) is 0 Å². The van der Waals surface area contributed by atoms with Gasteiger partial charge in [-0.3, -0.25) is 0 Å². The summed E-state index contributed by atoms with van der Waals surface area (Å²) in [6.45, 7) is 11.8. The molecule has 0 nitrogen and oxygen atoms in total. The number of hydrogen-bond acceptors (Lipinski definition) is 0. The monoisotopic (exact) mass is 198 g/mol. The van der Waals surface area contributed by atoms with Crippen molar-refractivity contribution in [3.8, 4) is 0 Å². The third-order valence-electron chi connectivity index (χ3n) is 3.57. The van der Waals surface area contributed by atoms with Crippen LogP contribution in [-0.4, -0.2) is 0 Å². The van der Waals surface area contributed by atoms with Gasteiger partial charge >= 0.3 is 0 Å². The second-order valence-corrected chi connectivity index (χ2v) is 5.14. The first-order valence-electron chi connectivity index (χ1n) is 6.63. The maximum atomic E-state index is 2.44. The molecule has 0 spiro atoms. The minimum atomic E-state index is 0.862. The lowest BCUT2D eigenvalue weighted by Gasteiger charge is -2.26. The molecule has 2 unspecified atom stereocenters. The van der Waals surface area contributed by atoms with Crippen LogP contribution in [0.1, 0.15) is 73.1 Å². The molecule has 14 heavy (non-hydrogen) atoms. The van der Waals surface area contributed by atoms with E-state index in [4.69, 9.17) is 0 Å². The van der Waals surface area contributed by atoms with Gasteiger partial charge in [-0.1, -0.05) is 73.1 Å². The van der Waals surface area contributed by atoms with Gasteiger partial charge in [0.05, 0.1) is 0 Å². The van der Waals surface area contributed by atoms with E-state index in [-0.39, 0.29) is 0 Å². The molecule has 0 bridgehead atoms. The molecule has 0 aromatic carbocycles. The summed E-state index contributed by atoms with van der Waals surface area (Å²) in [4.78, 5) is 0. The highest BCUT2D eigenvalue weighted by molar-refractivity contribution is 4.68. The third-order valence-corrected chi connectivity index (χ3v) is 3.57. The van der Waals surface area contributed by atoms with Gasteiger partial charge in [-0.05, 0) is 17.8 Å². The Hall–Kier alpha value is 0. The van der Waals surface area contributed by atoms with E-state index in [0.717, 1.165) is 17.8 Å². The van der Waals surface area contributed by atoms with Gasteiger partial charge in [0.1, 0.15) is 0 Å². The van der Waals surface area contributed by atoms with Crippen LogP contribution in [0.15, 0.2) is 0 Å². The van der Waals surface area contributed by atoms with E-state index in [1.807, 2.05) is 0 Å². The summed E-state index contributed by atoms with van der Waals surface area (Å²) in [5.41, 5.74) is 0. The van der Waals surface area contributed by atoms with Crippen molar-refractivity contribution in [2.24, 2.45) is 17.8 Å². The summed E-state index contributed by atoms with van der Waals surface area (Å²) in [7, 11) is 0. The van der Waals surface area contributed by atoms with Crippen molar-refractivity contribution < 1.29 is 0 Å². The first-order valence-corrected chi connectivity index (χ1v) is 6.63. The van der Waals surface area contributed by atoms with Crippen LogP contribution in [0.25, 0.3) is 0 Å². The fourth-order valence-corrected chi connectivity index (χ4v) is 2.64. The second-order valence-electron chi connectivity index (χ2n) is 5.14. The molecule has 0 radical (unpaired) electrons. The summed E-state index contributed by atoms with van der Waals surface area (Å²) >= 11 is 0. The largest absolute Gasteiger partial charge is 0.0654 e. The van der Waals surface area contributed by atoms with Gasteiger partial charge in [0.25, 0.3) is 0 Å². The van der Waals surface area contributed by atoms with E-state index in [9.17, 15) is 0 Å². The van der Waals surface area contributed by atoms with Gasteiger partial charge in [0.15, 0.2) is 0 Å². The SMILES string of the molecule is CCCCCCC(C)C(CC)C(C)C. The molecule has 0 fully saturated rings. The Balaban J connectivity index is 3.64. The van der Waals surface area contributed by atoms with Gasteiger partial charge in [-0.25, -0.2) is 0 Å². The molecule has 0 aliphatic carbocycles. The lowest BCUT2D eigenvalue weighted by atomic mass is 9.80. The molecule has 2 atom stereocenters. The molecular weight excluding hydrogens is 168 g/mol. The first kappa shape index (κ1) is 14.0. The average molecular weight is 198 g/mol. The smallest absolute Gasteiger partial charge is 0.0368 e. The molecular formula is C14H30. The quantitative estimate of drug-likeness (QED) is 0.466. The Kier molecular flexibility index (Phi) is 8.32. The summed E-state index contributed by atoms with van der Waals surface area (Å²) < 4.78 is 0. The Morgan fingerprint density at radius 3 is 1.93 bits per heavy atom. The molecule has 0 aromatic heterocycles. The predicted octanol–water partition coefficient (Wildman–Crippen LogP) is 5.28. The first-order chi connectivity index (χ1) is 6.63. The molecule has 0 aromatic rings. The molecule has 0 rings (SSSR count). The summed E-state index contributed by atoms with van der Waals surface area (Å²) in [5, 5.41) is 0. The van der Waals surface area contributed by atoms with Gasteiger partial charge in [0.2, 0.25) is 0 Å². The van der Waals surface area contributed by atoms with E-state index in [1.165, 1.54) is 38.5 Å². The minimum absolute atomic E-state index is 0.862. The van der Waals surface area contributed by atoms with E-state index in [0.29, 0.717) is 0 Å². The van der Waals surface area contributed by atoms with Crippen molar-refractivity contribution in [2.45, 2.75) is 73.1 Å². The molecule has 0 saturated carbocycles. The number of unbranched alkanes of at least 4 members (excludes halogenated alkanes) is 3. The number of hydrogen-bond donors (Lipinski definition) is 0. The van der Waals surface area contributed by atoms with Crippen LogP contribution >= 0.6 is 0 Å². The van der Waals surface area contributed by atoms with Crippen molar-refractivity contribution >= 4 is 0 Å². The van der Waals surface area contributed by atoms with Crippen LogP contribution in [0.2, 0.25) is 0 Å². The van der Waals surface area contributed by atoms with Crippen LogP contribution in [0.5, 0.6) is 0 Å². The normalized spacial score (nSPS) is 15.9. The van der Waals surface area contributed by atoms with Crippen molar-refractivity contribution in [3.63, 3.8) is 0 Å². The number of rotatable bonds is 8. The van der Waals surface area contributed by atoms with Crippen LogP contribution in [-0.2, 0) is 0 Å². The zero-order valence-corrected chi connectivity index (χ0v) is 11.0. The fraction of sp³-hybridized carbons (Fsp3) is 1.00. The third kappa shape index (κ3) is 5.67. The molecule has 0 aliphatic heterocycles. The van der Waals surface area contributed by atoms with Crippen molar-refractivity contribution in [1.29, 1.82) is 0 Å². The van der Waals surface area contributed by atoms with E-state index >= 15 is 0 Å². The van der Waals surface area contributed by atoms with Gasteiger partial charge < -0.3 is 0 Å². The molecule has 0 aliphatic rings. The Morgan fingerprint density at radius 2 is 1.50 bits per heavy atom. The van der Waals surface area contributed by atoms with Gasteiger partial charge in [-0.2, -0.15) is 0 Å². The lowest BCUT2D eigenvalue weighted by molar-refractivity contribution is 0.244. The highest BCUT2D eigenvalue weighted by Gasteiger charge is 2.17. The zero-order valence-electron chi connectivity index (χ0n) is 11.0. The van der Waals surface area contributed by atoms with Crippen LogP contribution in [0.3, 0.4) is 0 Å². The molecule has 0 heteroatoms. The lowest BCUT2D eigenvalue weighted by Crippen LogP contribution is -2.16. The van der Waals surface area contributed by atoms with Crippen LogP contribution in [0, 0.1) is 17.8 Å². The standard InChI is InChI=1S/C14H30/c1-6-8-9-10-11-13(5)14(7-2)12(3)4/h12-14H,6-11H2,1-5H3. The van der Waals surface area contributed by atoms with E-state index in [2.05, 4.69) is 34.6 Å². The van der Waals surface area contributed by atoms with Crippen molar-refractivity contribution in [2.75, 3.05) is 0 Å². The highest BCUT2D eigenvalue weighted by Crippen LogP contribution is 2.28. The summed E-state index contributed by atoms with van der Waals surface area (Å²) in [6, 6.07) is 0. The molecule has 0 saturated heterocycles. The Labute approximate surface area is 91.5 Å². The average Bonchev–Trinajstić information content (AvgIpc) is 2.13. The Bertz CT molecular complexity index is 115. The van der Waals surface area contributed by atoms with Crippen LogP contribution < -0.4 is 0 Å². The summed E-state index contributed by atoms with van der Waals surface area (Å²) in [6.07, 6.45) is 8.46. The predicted molar refractivity (Wildman–Crippen MR) is 66.5 cm³/mol. The molecule has 0 heterocycles. The zero-order chi connectivity index (χ0) is 11.0. The maximum Gasteiger partial charge on any atom is -0.0368 e. The molecule has 0 N–H and O–H groups in total. The minimum Gasteiger partial charge on any atom is -0.0654 e. The molecule has 0 amide bonds. The highest BCUT2D eigenvalue weighted by atomic mass is 14.2. The maximum absolute atomic E-state index is 2.44. The Morgan fingerprint density at radius 1 is 0.857 bits per heavy atom. The van der Waals surface area contributed by atoms with Crippen molar-refractivity contribution in [3.05, 3.63) is 0 Å². The van der Waals surface area contributed by atoms with Crippen molar-refractivity contribution in [1.82, 2.24) is 0 Å². The van der Waals surface area contributed by atoms with Gasteiger partial charge in [-0.15, -0.1) is 0 Å². The van der Waals surface area contributed by atoms with E-state index < -0.39 is 0 Å². The fourth-order valence-electron chi connectivity index (χ4n) is 2.64. The topological polar surface area (TPSA) is 0 Å². The summed E-state index contributed by atoms with van der Waals surface area (Å²) in [5.74, 6) is 2.73. The second kappa shape index (κ2) is 8.32.